The SMILES string of the molecule is O=C1CCCN1c1ccc(S(=O)(=O)Nc2cccc(Oc3ccccc3)c2)cc1. The van der Waals surface area contributed by atoms with Gasteiger partial charge in [-0.25, -0.2) is 8.42 Å². The largest absolute Gasteiger partial charge is 0.457 e. The van der Waals surface area contributed by atoms with Crippen molar-refractivity contribution < 1.29 is 17.9 Å². The van der Waals surface area contributed by atoms with Crippen LogP contribution in [0.4, 0.5) is 11.4 Å². The number of hydrogen-bond donors (Lipinski definition) is 1. The summed E-state index contributed by atoms with van der Waals surface area (Å²) in [6, 6.07) is 22.4. The Hall–Kier alpha value is -3.32. The quantitative estimate of drug-likeness (QED) is 0.656. The summed E-state index contributed by atoms with van der Waals surface area (Å²) in [7, 11) is -3.77. The van der Waals surface area contributed by atoms with Crippen molar-refractivity contribution in [3.63, 3.8) is 0 Å². The van der Waals surface area contributed by atoms with Crippen molar-refractivity contribution >= 4 is 27.3 Å². The van der Waals surface area contributed by atoms with Gasteiger partial charge < -0.3 is 9.64 Å². The lowest BCUT2D eigenvalue weighted by molar-refractivity contribution is -0.117. The fourth-order valence-corrected chi connectivity index (χ4v) is 4.24. The molecule has 1 aliphatic heterocycles. The van der Waals surface area contributed by atoms with Crippen LogP contribution in [0.1, 0.15) is 12.8 Å². The molecular weight excluding hydrogens is 388 g/mol. The number of rotatable bonds is 6. The Bertz CT molecular complexity index is 1110. The maximum atomic E-state index is 12.7. The Morgan fingerprint density at radius 3 is 2.28 bits per heavy atom. The smallest absolute Gasteiger partial charge is 0.261 e. The van der Waals surface area contributed by atoms with Crippen molar-refractivity contribution in [1.82, 2.24) is 0 Å². The second kappa shape index (κ2) is 7.97. The molecule has 3 aromatic rings. The molecule has 6 nitrogen and oxygen atoms in total. The lowest BCUT2D eigenvalue weighted by Gasteiger charge is -2.16. The summed E-state index contributed by atoms with van der Waals surface area (Å²) in [6.45, 7) is 0.664. The van der Waals surface area contributed by atoms with Crippen LogP contribution in [0.5, 0.6) is 11.5 Å². The Labute approximate surface area is 169 Å². The average Bonchev–Trinajstić information content (AvgIpc) is 3.15. The molecule has 29 heavy (non-hydrogen) atoms. The molecule has 0 atom stereocenters. The van der Waals surface area contributed by atoms with Crippen molar-refractivity contribution in [2.45, 2.75) is 17.7 Å². The van der Waals surface area contributed by atoms with Crippen molar-refractivity contribution in [3.05, 3.63) is 78.9 Å². The number of anilines is 2. The molecule has 1 fully saturated rings. The van der Waals surface area contributed by atoms with Gasteiger partial charge in [0.2, 0.25) is 5.91 Å². The van der Waals surface area contributed by atoms with E-state index in [-0.39, 0.29) is 10.8 Å². The predicted molar refractivity (Wildman–Crippen MR) is 112 cm³/mol. The first-order valence-corrected chi connectivity index (χ1v) is 10.8. The molecule has 0 spiro atoms. The Morgan fingerprint density at radius 1 is 0.862 bits per heavy atom. The van der Waals surface area contributed by atoms with Gasteiger partial charge in [-0.15, -0.1) is 0 Å². The first-order valence-electron chi connectivity index (χ1n) is 9.27. The standard InChI is InChI=1S/C22H20N2O4S/c25-22-10-5-15-24(22)18-11-13-21(14-12-18)29(26,27)23-17-6-4-9-20(16-17)28-19-7-2-1-3-8-19/h1-4,6-9,11-14,16,23H,5,10,15H2. The van der Waals surface area contributed by atoms with Gasteiger partial charge in [0.1, 0.15) is 11.5 Å². The van der Waals surface area contributed by atoms with E-state index in [4.69, 9.17) is 4.74 Å². The first-order chi connectivity index (χ1) is 14.0. The van der Waals surface area contributed by atoms with Crippen LogP contribution in [-0.4, -0.2) is 20.9 Å². The molecule has 0 unspecified atom stereocenters. The van der Waals surface area contributed by atoms with Gasteiger partial charge in [-0.1, -0.05) is 24.3 Å². The molecule has 3 aromatic carbocycles. The fourth-order valence-electron chi connectivity index (χ4n) is 3.19. The minimum absolute atomic E-state index is 0.0639. The third-order valence-corrected chi connectivity index (χ3v) is 5.99. The molecule has 7 heteroatoms. The number of nitrogens with one attached hydrogen (secondary N) is 1. The second-order valence-corrected chi connectivity index (χ2v) is 8.37. The summed E-state index contributed by atoms with van der Waals surface area (Å²) in [6.07, 6.45) is 1.35. The maximum Gasteiger partial charge on any atom is 0.261 e. The second-order valence-electron chi connectivity index (χ2n) is 6.69. The van der Waals surface area contributed by atoms with Crippen molar-refractivity contribution in [3.8, 4) is 11.5 Å². The summed E-state index contributed by atoms with van der Waals surface area (Å²) in [5.41, 5.74) is 1.11. The van der Waals surface area contributed by atoms with Gasteiger partial charge in [-0.3, -0.25) is 9.52 Å². The van der Waals surface area contributed by atoms with E-state index in [1.807, 2.05) is 30.3 Å². The Balaban J connectivity index is 1.50. The Kier molecular flexibility index (Phi) is 5.22. The third kappa shape index (κ3) is 4.41. The number of amides is 1. The molecular formula is C22H20N2O4S. The zero-order chi connectivity index (χ0) is 20.3. The van der Waals surface area contributed by atoms with E-state index in [2.05, 4.69) is 4.72 Å². The maximum absolute atomic E-state index is 12.7. The molecule has 0 aromatic heterocycles. The molecule has 1 amide bonds. The normalized spacial score (nSPS) is 14.1. The number of hydrogen-bond acceptors (Lipinski definition) is 4. The van der Waals surface area contributed by atoms with Crippen LogP contribution in [0.3, 0.4) is 0 Å². The van der Waals surface area contributed by atoms with Gasteiger partial charge >= 0.3 is 0 Å². The number of carbonyl (C=O) groups excluding carboxylic acids is 1. The number of sulfonamides is 1. The van der Waals surface area contributed by atoms with Gasteiger partial charge in [-0.2, -0.15) is 0 Å². The molecule has 0 radical (unpaired) electrons. The number of carbonyl (C=O) groups is 1. The average molecular weight is 408 g/mol. The molecule has 1 saturated heterocycles. The van der Waals surface area contributed by atoms with E-state index < -0.39 is 10.0 Å². The summed E-state index contributed by atoms with van der Waals surface area (Å²) >= 11 is 0. The van der Waals surface area contributed by atoms with Crippen LogP contribution in [0.2, 0.25) is 0 Å². The van der Waals surface area contributed by atoms with E-state index in [0.717, 1.165) is 6.42 Å². The van der Waals surface area contributed by atoms with Crippen molar-refractivity contribution in [1.29, 1.82) is 0 Å². The van der Waals surface area contributed by atoms with Crippen LogP contribution in [0.25, 0.3) is 0 Å². The highest BCUT2D eigenvalue weighted by atomic mass is 32.2. The Morgan fingerprint density at radius 2 is 1.59 bits per heavy atom. The monoisotopic (exact) mass is 408 g/mol. The molecule has 148 valence electrons. The van der Waals surface area contributed by atoms with Crippen LogP contribution in [0, 0.1) is 0 Å². The first kappa shape index (κ1) is 19.0. The highest BCUT2D eigenvalue weighted by molar-refractivity contribution is 7.92. The highest BCUT2D eigenvalue weighted by Gasteiger charge is 2.22. The molecule has 0 bridgehead atoms. The van der Waals surface area contributed by atoms with Crippen LogP contribution < -0.4 is 14.4 Å². The highest BCUT2D eigenvalue weighted by Crippen LogP contribution is 2.27. The van der Waals surface area contributed by atoms with Crippen LogP contribution in [0.15, 0.2) is 83.8 Å². The summed E-state index contributed by atoms with van der Waals surface area (Å²) in [4.78, 5) is 13.6. The third-order valence-electron chi connectivity index (χ3n) is 4.60. The van der Waals surface area contributed by atoms with E-state index in [0.29, 0.717) is 35.8 Å². The minimum atomic E-state index is -3.77. The minimum Gasteiger partial charge on any atom is -0.457 e. The zero-order valence-electron chi connectivity index (χ0n) is 15.6. The summed E-state index contributed by atoms with van der Waals surface area (Å²) in [5, 5.41) is 0. The number of benzene rings is 3. The van der Waals surface area contributed by atoms with Gasteiger partial charge in [-0.05, 0) is 55.0 Å². The topological polar surface area (TPSA) is 75.7 Å². The lowest BCUT2D eigenvalue weighted by atomic mass is 10.3. The van der Waals surface area contributed by atoms with Crippen LogP contribution in [-0.2, 0) is 14.8 Å². The van der Waals surface area contributed by atoms with E-state index in [1.165, 1.54) is 12.1 Å². The van der Waals surface area contributed by atoms with E-state index >= 15 is 0 Å². The van der Waals surface area contributed by atoms with Crippen molar-refractivity contribution in [2.24, 2.45) is 0 Å². The summed E-state index contributed by atoms with van der Waals surface area (Å²) < 4.78 is 33.8. The molecule has 1 N–H and O–H groups in total. The van der Waals surface area contributed by atoms with Crippen molar-refractivity contribution in [2.75, 3.05) is 16.2 Å². The summed E-state index contributed by atoms with van der Waals surface area (Å²) in [5.74, 6) is 1.26. The molecule has 1 heterocycles. The van der Waals surface area contributed by atoms with E-state index in [1.54, 1.807) is 41.3 Å². The lowest BCUT2D eigenvalue weighted by Crippen LogP contribution is -2.23. The van der Waals surface area contributed by atoms with Gasteiger partial charge in [0, 0.05) is 24.7 Å². The van der Waals surface area contributed by atoms with Gasteiger partial charge in [0.05, 0.1) is 10.6 Å². The van der Waals surface area contributed by atoms with E-state index in [9.17, 15) is 13.2 Å². The number of nitrogens with zero attached hydrogens (tertiary/aromatic N) is 1. The molecule has 0 aliphatic carbocycles. The zero-order valence-corrected chi connectivity index (χ0v) is 16.4. The van der Waals surface area contributed by atoms with Gasteiger partial charge in [0.25, 0.3) is 10.0 Å². The number of ether oxygens (including phenoxy) is 1. The molecule has 4 rings (SSSR count). The predicted octanol–water partition coefficient (Wildman–Crippen LogP) is 4.41. The van der Waals surface area contributed by atoms with Gasteiger partial charge in [0.15, 0.2) is 0 Å². The van der Waals surface area contributed by atoms with Crippen LogP contribution >= 0.6 is 0 Å². The molecule has 1 aliphatic rings. The fraction of sp³-hybridized carbons (Fsp3) is 0.136. The number of para-hydroxylation sites is 1. The molecule has 0 saturated carbocycles.